The van der Waals surface area contributed by atoms with E-state index in [0.717, 1.165) is 81.2 Å². The lowest BCUT2D eigenvalue weighted by Crippen LogP contribution is -2.41. The van der Waals surface area contributed by atoms with E-state index in [-0.39, 0.29) is 76.9 Å². The molecule has 4 aromatic heterocycles. The molecule has 0 bridgehead atoms. The molecule has 460 valence electrons. The maximum atomic E-state index is 14.4. The molecule has 3 aliphatic rings. The number of amides is 2. The van der Waals surface area contributed by atoms with Crippen LogP contribution in [-0.4, -0.2) is 139 Å². The number of furan rings is 2. The van der Waals surface area contributed by atoms with Gasteiger partial charge >= 0.3 is 7.12 Å². The van der Waals surface area contributed by atoms with Gasteiger partial charge in [0.15, 0.2) is 22.8 Å². The number of nitrogens with one attached hydrogen (secondary N) is 2. The van der Waals surface area contributed by atoms with E-state index >= 15 is 0 Å². The Hall–Kier alpha value is -8.39. The highest BCUT2D eigenvalue weighted by molar-refractivity contribution is 6.62. The number of carbonyl (C=O) groups is 2. The summed E-state index contributed by atoms with van der Waals surface area (Å²) in [6, 6.07) is 28.7. The average molecular weight is 1230 g/mol. The zero-order valence-corrected chi connectivity index (χ0v) is 50.1. The number of rotatable bonds is 13. The summed E-state index contributed by atoms with van der Waals surface area (Å²) in [4.78, 5) is 34.1. The number of nitriles is 2. The maximum absolute atomic E-state index is 14.4. The Bertz CT molecular complexity index is 3830. The number of benzene rings is 4. The third-order valence-electron chi connectivity index (χ3n) is 15.3. The van der Waals surface area contributed by atoms with Crippen LogP contribution >= 0.6 is 11.6 Å². The molecule has 0 atom stereocenters. The second-order valence-corrected chi connectivity index (χ2v) is 22.3. The van der Waals surface area contributed by atoms with E-state index in [1.165, 1.54) is 65.7 Å². The molecule has 0 saturated carbocycles. The van der Waals surface area contributed by atoms with Gasteiger partial charge in [0.1, 0.15) is 45.6 Å². The van der Waals surface area contributed by atoms with Gasteiger partial charge in [-0.3, -0.25) is 9.59 Å². The van der Waals surface area contributed by atoms with Crippen LogP contribution < -0.4 is 16.1 Å². The highest BCUT2D eigenvalue weighted by atomic mass is 35.5. The monoisotopic (exact) mass is 1230 g/mol. The van der Waals surface area contributed by atoms with Gasteiger partial charge in [0.05, 0.1) is 76.7 Å². The first-order valence-corrected chi connectivity index (χ1v) is 28.7. The lowest BCUT2D eigenvalue weighted by molar-refractivity contribution is 0.00578. The first-order valence-electron chi connectivity index (χ1n) is 28.3. The Labute approximate surface area is 511 Å². The van der Waals surface area contributed by atoms with Crippen molar-refractivity contribution in [3.05, 3.63) is 160 Å². The zero-order chi connectivity index (χ0) is 63.3. The molecule has 0 unspecified atom stereocenters. The van der Waals surface area contributed by atoms with Gasteiger partial charge in [-0.1, -0.05) is 29.8 Å². The summed E-state index contributed by atoms with van der Waals surface area (Å²) in [5, 5.41) is 43.2. The van der Waals surface area contributed by atoms with E-state index in [2.05, 4.69) is 32.7 Å². The fourth-order valence-corrected chi connectivity index (χ4v) is 9.76. The van der Waals surface area contributed by atoms with Crippen molar-refractivity contribution in [2.45, 2.75) is 76.7 Å². The van der Waals surface area contributed by atoms with Crippen LogP contribution in [0, 0.1) is 45.9 Å². The predicted molar refractivity (Wildman–Crippen MR) is 325 cm³/mol. The molecule has 0 aliphatic carbocycles. The van der Waals surface area contributed by atoms with Crippen molar-refractivity contribution in [1.29, 1.82) is 10.5 Å². The second kappa shape index (κ2) is 29.5. The molecule has 3 saturated heterocycles. The summed E-state index contributed by atoms with van der Waals surface area (Å²) in [5.41, 5.74) is 5.54. The summed E-state index contributed by atoms with van der Waals surface area (Å²) in [6.45, 7) is 11.2. The summed E-state index contributed by atoms with van der Waals surface area (Å²) < 4.78 is 88.7. The first kappa shape index (κ1) is 65.6. The van der Waals surface area contributed by atoms with Gasteiger partial charge < -0.3 is 58.3 Å². The maximum Gasteiger partial charge on any atom is 0.494 e. The molecule has 2 amide bonds. The third-order valence-corrected chi connectivity index (χ3v) is 15.6. The van der Waals surface area contributed by atoms with E-state index < -0.39 is 36.3 Å². The third kappa shape index (κ3) is 15.8. The number of hydrogen-bond acceptors (Lipinski definition) is 16. The number of halogens is 5. The number of likely N-dealkylation sites (N-methyl/N-ethyl adjacent to an activating group) is 2. The molecule has 0 spiro atoms. The van der Waals surface area contributed by atoms with Crippen LogP contribution in [0.5, 0.6) is 0 Å². The SMILES string of the molecule is CC1(C)OB(c2ccc(NC3CCOCC3)c(C#N)c2)OC1(C)C.CN(CCO)C(=O)c1ccc(-c2cc3ncc(F)c(Cl)c3o2)c(F)c1.CN(CCO)C(=O)c1cccc(F)c1.N#Cc1cc(-c2c(F)cnc3ccoc23)ccc1NC1CCOCC1. The summed E-state index contributed by atoms with van der Waals surface area (Å²) in [7, 11) is 2.62. The molecular weight excluding hydrogens is 1160 g/mol. The average Bonchev–Trinajstić information content (AvgIpc) is 1.85. The van der Waals surface area contributed by atoms with Crippen molar-refractivity contribution >= 4 is 69.6 Å². The van der Waals surface area contributed by atoms with Crippen molar-refractivity contribution in [3.63, 3.8) is 0 Å². The van der Waals surface area contributed by atoms with E-state index in [4.69, 9.17) is 49.4 Å². The summed E-state index contributed by atoms with van der Waals surface area (Å²) in [6.07, 6.45) is 7.34. The predicted octanol–water partition coefficient (Wildman–Crippen LogP) is 10.9. The molecule has 8 aromatic rings. The van der Waals surface area contributed by atoms with Crippen LogP contribution in [0.3, 0.4) is 0 Å². The molecule has 24 heteroatoms. The molecule has 11 rings (SSSR count). The van der Waals surface area contributed by atoms with Gasteiger partial charge in [0.2, 0.25) is 0 Å². The van der Waals surface area contributed by atoms with Gasteiger partial charge in [-0.2, -0.15) is 10.5 Å². The Kier molecular flexibility index (Phi) is 22.0. The van der Waals surface area contributed by atoms with Crippen molar-refractivity contribution < 1.29 is 65.0 Å². The highest BCUT2D eigenvalue weighted by Crippen LogP contribution is 2.38. The fraction of sp³-hybridized carbons (Fsp3) is 0.344. The number of carbonyl (C=O) groups excluding carboxylic acids is 2. The Balaban J connectivity index is 0.000000155. The van der Waals surface area contributed by atoms with Crippen molar-refractivity contribution in [2.75, 3.05) is 77.5 Å². The molecule has 4 N–H and O–H groups in total. The lowest BCUT2D eigenvalue weighted by atomic mass is 9.78. The van der Waals surface area contributed by atoms with Crippen molar-refractivity contribution in [3.8, 4) is 34.6 Å². The number of aromatic nitrogens is 2. The number of aliphatic hydroxyl groups excluding tert-OH is 2. The molecule has 0 radical (unpaired) electrons. The quantitative estimate of drug-likeness (QED) is 0.0620. The molecule has 88 heavy (non-hydrogen) atoms. The molecular formula is C64H66BClF4N8O10. The zero-order valence-electron chi connectivity index (χ0n) is 49.3. The number of pyridine rings is 2. The number of anilines is 2. The molecule has 3 fully saturated rings. The molecule has 4 aromatic carbocycles. The Morgan fingerprint density at radius 1 is 0.682 bits per heavy atom. The minimum absolute atomic E-state index is 0.0268. The lowest BCUT2D eigenvalue weighted by Gasteiger charge is -2.32. The van der Waals surface area contributed by atoms with Crippen LogP contribution in [0.15, 0.2) is 118 Å². The summed E-state index contributed by atoms with van der Waals surface area (Å²) in [5.74, 6) is -2.92. The molecule has 18 nitrogen and oxygen atoms in total. The van der Waals surface area contributed by atoms with Gasteiger partial charge in [-0.15, -0.1) is 0 Å². The van der Waals surface area contributed by atoms with Crippen molar-refractivity contribution in [1.82, 2.24) is 19.8 Å². The minimum Gasteiger partial charge on any atom is -0.462 e. The van der Waals surface area contributed by atoms with Crippen molar-refractivity contribution in [2.24, 2.45) is 0 Å². The van der Waals surface area contributed by atoms with Gasteiger partial charge in [-0.05, 0) is 125 Å². The van der Waals surface area contributed by atoms with E-state index in [0.29, 0.717) is 50.5 Å². The number of ether oxygens (including phenoxy) is 2. The standard InChI is InChI=1S/C19H16FN3O2.C18H25BN2O3.C17H13ClF2N2O3.C10H12FNO2/c20-15-11-22-17-5-8-25-19(17)18(15)12-1-2-16(13(9-12)10-21)23-14-3-6-24-7-4-14;1-17(2)18(3,4)24-19(23-17)14-5-6-16(13(11-14)12-20)21-15-7-9-22-10-8-15;1-22(4-5-23)17(24)9-2-3-10(11(19)6-9)14-7-13-16(25-14)15(18)12(20)8-21-13;1-12(5-6-13)10(14)8-3-2-4-9(11)7-8/h1-2,5,8-9,11,14,23H,3-4,6-7H2;5-6,11,15,21H,7-10H2,1-4H3;2-3,6-8,23H,4-5H2,1H3;2-4,7,13H,5-6H2,1H3. The smallest absolute Gasteiger partial charge is 0.462 e. The largest absolute Gasteiger partial charge is 0.494 e. The molecule has 3 aliphatic heterocycles. The number of hydrogen-bond donors (Lipinski definition) is 4. The second-order valence-electron chi connectivity index (χ2n) is 21.9. The fourth-order valence-electron chi connectivity index (χ4n) is 9.58. The van der Waals surface area contributed by atoms with Gasteiger partial charge in [0.25, 0.3) is 11.8 Å². The normalized spacial score (nSPS) is 15.3. The minimum atomic E-state index is -0.733. The van der Waals surface area contributed by atoms with Crippen LogP contribution in [0.4, 0.5) is 28.9 Å². The topological polar surface area (TPSA) is 242 Å². The van der Waals surface area contributed by atoms with E-state index in [9.17, 15) is 37.7 Å². The van der Waals surface area contributed by atoms with Crippen LogP contribution in [0.1, 0.15) is 85.2 Å². The van der Waals surface area contributed by atoms with Crippen LogP contribution in [0.25, 0.3) is 44.7 Å². The van der Waals surface area contributed by atoms with E-state index in [1.54, 1.807) is 31.3 Å². The Morgan fingerprint density at radius 2 is 1.24 bits per heavy atom. The van der Waals surface area contributed by atoms with Crippen LogP contribution in [-0.2, 0) is 18.8 Å². The van der Waals surface area contributed by atoms with Gasteiger partial charge in [-0.25, -0.2) is 27.5 Å². The van der Waals surface area contributed by atoms with Crippen LogP contribution in [0.2, 0.25) is 5.02 Å². The summed E-state index contributed by atoms with van der Waals surface area (Å²) >= 11 is 5.82. The molecule has 7 heterocycles. The Morgan fingerprint density at radius 3 is 1.81 bits per heavy atom. The number of fused-ring (bicyclic) bond motifs is 2. The number of nitrogens with zero attached hydrogens (tertiary/aromatic N) is 6. The van der Waals surface area contributed by atoms with E-state index in [1.807, 2.05) is 52.0 Å². The highest BCUT2D eigenvalue weighted by Gasteiger charge is 2.51. The van der Waals surface area contributed by atoms with Gasteiger partial charge in [0, 0.05) is 89.0 Å². The first-order chi connectivity index (χ1) is 42.1. The number of aliphatic hydroxyl groups is 2.